The molecule has 0 heterocycles. The summed E-state index contributed by atoms with van der Waals surface area (Å²) in [5.74, 6) is 0. The van der Waals surface area contributed by atoms with Crippen LogP contribution in [0, 0.1) is 0 Å². The molecule has 0 radical (unpaired) electrons. The molecule has 0 spiro atoms. The molecule has 0 saturated heterocycles. The molecule has 1 aromatic carbocycles. The number of nitrogens with two attached hydrogens (primary N) is 1. The smallest absolute Gasteiger partial charge is 0.0541 e. The molecule has 108 valence electrons. The zero-order valence-electron chi connectivity index (χ0n) is 10.5. The number of aliphatic hydroxyl groups excluding tert-OH is 1. The Morgan fingerprint density at radius 3 is 2.47 bits per heavy atom. The number of hydrogen-bond donors (Lipinski definition) is 3. The Hall–Kier alpha value is 0.190. The van der Waals surface area contributed by atoms with Crippen LogP contribution in [0.1, 0.15) is 31.2 Å². The summed E-state index contributed by atoms with van der Waals surface area (Å²) >= 11 is 6.93. The predicted molar refractivity (Wildman–Crippen MR) is 88.6 cm³/mol. The predicted octanol–water partition coefficient (Wildman–Crippen LogP) is 3.61. The summed E-state index contributed by atoms with van der Waals surface area (Å²) in [4.78, 5) is 0. The molecule has 0 aliphatic heterocycles. The van der Waals surface area contributed by atoms with Gasteiger partial charge in [0.25, 0.3) is 0 Å². The second-order valence-electron chi connectivity index (χ2n) is 4.85. The van der Waals surface area contributed by atoms with E-state index in [2.05, 4.69) is 37.2 Å². The van der Waals surface area contributed by atoms with Crippen LogP contribution in [0.2, 0.25) is 0 Å². The average molecular weight is 415 g/mol. The minimum atomic E-state index is -0.104. The molecule has 1 aromatic rings. The molecule has 1 fully saturated rings. The molecule has 2 rings (SSSR count). The Morgan fingerprint density at radius 1 is 1.21 bits per heavy atom. The minimum absolute atomic E-state index is 0. The molecular formula is C13H19Br2ClN2O. The molecule has 1 aliphatic carbocycles. The molecule has 6 heteroatoms. The Labute approximate surface area is 137 Å². The second-order valence-corrected chi connectivity index (χ2v) is 6.62. The third-order valence-corrected chi connectivity index (χ3v) is 4.57. The van der Waals surface area contributed by atoms with Crippen LogP contribution in [0.3, 0.4) is 0 Å². The van der Waals surface area contributed by atoms with Crippen LogP contribution in [-0.2, 0) is 6.54 Å². The number of rotatable bonds is 3. The number of anilines is 1. The fraction of sp³-hybridized carbons (Fsp3) is 0.538. The SMILES string of the molecule is Cl.Nc1c(Br)cc(Br)cc1CN[C@H]1CC[C@H](O)CC1. The molecule has 3 nitrogen and oxygen atoms in total. The van der Waals surface area contributed by atoms with Crippen molar-refractivity contribution in [1.82, 2.24) is 5.32 Å². The van der Waals surface area contributed by atoms with E-state index in [0.717, 1.165) is 52.4 Å². The van der Waals surface area contributed by atoms with Gasteiger partial charge in [-0.15, -0.1) is 12.4 Å². The number of hydrogen-bond acceptors (Lipinski definition) is 3. The van der Waals surface area contributed by atoms with E-state index in [1.165, 1.54) is 0 Å². The summed E-state index contributed by atoms with van der Waals surface area (Å²) < 4.78 is 1.95. The minimum Gasteiger partial charge on any atom is -0.398 e. The lowest BCUT2D eigenvalue weighted by Gasteiger charge is -2.26. The lowest BCUT2D eigenvalue weighted by Crippen LogP contribution is -2.34. The first-order chi connectivity index (χ1) is 8.56. The summed E-state index contributed by atoms with van der Waals surface area (Å²) in [5.41, 5.74) is 7.93. The third-order valence-electron chi connectivity index (χ3n) is 3.46. The van der Waals surface area contributed by atoms with Crippen LogP contribution in [0.5, 0.6) is 0 Å². The van der Waals surface area contributed by atoms with E-state index in [1.807, 2.05) is 12.1 Å². The van der Waals surface area contributed by atoms with Gasteiger partial charge >= 0.3 is 0 Å². The normalized spacial score (nSPS) is 22.9. The van der Waals surface area contributed by atoms with Crippen LogP contribution < -0.4 is 11.1 Å². The fourth-order valence-corrected chi connectivity index (χ4v) is 3.63. The van der Waals surface area contributed by atoms with Crippen molar-refractivity contribution >= 4 is 50.0 Å². The summed E-state index contributed by atoms with van der Waals surface area (Å²) in [6.45, 7) is 0.768. The number of benzene rings is 1. The zero-order valence-corrected chi connectivity index (χ0v) is 14.5. The number of nitrogens with one attached hydrogen (secondary N) is 1. The van der Waals surface area contributed by atoms with Gasteiger partial charge in [-0.3, -0.25) is 0 Å². The molecule has 0 atom stereocenters. The van der Waals surface area contributed by atoms with Gasteiger partial charge in [-0.05, 0) is 59.3 Å². The van der Waals surface area contributed by atoms with Gasteiger partial charge in [0.05, 0.1) is 11.8 Å². The maximum Gasteiger partial charge on any atom is 0.0541 e. The number of nitrogen functional groups attached to an aromatic ring is 1. The molecule has 1 saturated carbocycles. The number of aliphatic hydroxyl groups is 1. The molecule has 4 N–H and O–H groups in total. The van der Waals surface area contributed by atoms with Crippen LogP contribution in [0.25, 0.3) is 0 Å². The quantitative estimate of drug-likeness (QED) is 0.663. The monoisotopic (exact) mass is 412 g/mol. The van der Waals surface area contributed by atoms with Crippen molar-refractivity contribution in [1.29, 1.82) is 0 Å². The summed E-state index contributed by atoms with van der Waals surface area (Å²) in [7, 11) is 0. The van der Waals surface area contributed by atoms with E-state index in [4.69, 9.17) is 5.73 Å². The van der Waals surface area contributed by atoms with E-state index in [-0.39, 0.29) is 18.5 Å². The fourth-order valence-electron chi connectivity index (χ4n) is 2.32. The highest BCUT2D eigenvalue weighted by atomic mass is 79.9. The van der Waals surface area contributed by atoms with Gasteiger partial charge < -0.3 is 16.2 Å². The van der Waals surface area contributed by atoms with Crippen LogP contribution >= 0.6 is 44.3 Å². The van der Waals surface area contributed by atoms with Crippen LogP contribution in [-0.4, -0.2) is 17.3 Å². The third kappa shape index (κ3) is 4.90. The van der Waals surface area contributed by atoms with Gasteiger partial charge in [0.15, 0.2) is 0 Å². The van der Waals surface area contributed by atoms with E-state index >= 15 is 0 Å². The van der Waals surface area contributed by atoms with E-state index in [1.54, 1.807) is 0 Å². The van der Waals surface area contributed by atoms with Gasteiger partial charge in [-0.1, -0.05) is 15.9 Å². The molecule has 0 aromatic heterocycles. The van der Waals surface area contributed by atoms with Crippen LogP contribution in [0.4, 0.5) is 5.69 Å². The highest BCUT2D eigenvalue weighted by molar-refractivity contribution is 9.11. The maximum atomic E-state index is 9.47. The van der Waals surface area contributed by atoms with Crippen molar-refractivity contribution in [2.45, 2.75) is 44.4 Å². The topological polar surface area (TPSA) is 58.3 Å². The standard InChI is InChI=1S/C13H18Br2N2O.ClH/c14-9-5-8(13(16)12(15)6-9)7-17-10-1-3-11(18)4-2-10;/h5-6,10-11,17-18H,1-4,7,16H2;1H/t10-,11-;. The van der Waals surface area contributed by atoms with Crippen molar-refractivity contribution in [2.75, 3.05) is 5.73 Å². The van der Waals surface area contributed by atoms with Crippen molar-refractivity contribution < 1.29 is 5.11 Å². The van der Waals surface area contributed by atoms with Gasteiger partial charge in [0, 0.05) is 21.5 Å². The second kappa shape index (κ2) is 7.84. The summed E-state index contributed by atoms with van der Waals surface area (Å²) in [6.07, 6.45) is 3.77. The van der Waals surface area contributed by atoms with Crippen molar-refractivity contribution in [3.63, 3.8) is 0 Å². The largest absolute Gasteiger partial charge is 0.398 e. The van der Waals surface area contributed by atoms with E-state index < -0.39 is 0 Å². The average Bonchev–Trinajstić information content (AvgIpc) is 2.34. The first kappa shape index (κ1) is 17.2. The molecule has 1 aliphatic rings. The van der Waals surface area contributed by atoms with Gasteiger partial charge in [0.2, 0.25) is 0 Å². The van der Waals surface area contributed by atoms with Crippen molar-refractivity contribution in [3.05, 3.63) is 26.6 Å². The Morgan fingerprint density at radius 2 is 1.84 bits per heavy atom. The van der Waals surface area contributed by atoms with Gasteiger partial charge in [-0.25, -0.2) is 0 Å². The molecular weight excluding hydrogens is 395 g/mol. The highest BCUT2D eigenvalue weighted by Crippen LogP contribution is 2.28. The lowest BCUT2D eigenvalue weighted by molar-refractivity contribution is 0.116. The Balaban J connectivity index is 0.00000180. The Kier molecular flexibility index (Phi) is 7.11. The maximum absolute atomic E-state index is 9.47. The van der Waals surface area contributed by atoms with E-state index in [0.29, 0.717) is 6.04 Å². The van der Waals surface area contributed by atoms with Crippen LogP contribution in [0.15, 0.2) is 21.1 Å². The Bertz CT molecular complexity index is 423. The first-order valence-corrected chi connectivity index (χ1v) is 7.79. The number of halogens is 3. The van der Waals surface area contributed by atoms with Gasteiger partial charge in [-0.2, -0.15) is 0 Å². The molecule has 0 unspecified atom stereocenters. The first-order valence-electron chi connectivity index (χ1n) is 6.21. The summed E-state index contributed by atoms with van der Waals surface area (Å²) in [5, 5.41) is 13.0. The summed E-state index contributed by atoms with van der Waals surface area (Å²) in [6, 6.07) is 4.49. The molecule has 19 heavy (non-hydrogen) atoms. The molecule has 0 bridgehead atoms. The van der Waals surface area contributed by atoms with Gasteiger partial charge in [0.1, 0.15) is 0 Å². The van der Waals surface area contributed by atoms with Crippen molar-refractivity contribution in [3.8, 4) is 0 Å². The zero-order chi connectivity index (χ0) is 13.1. The lowest BCUT2D eigenvalue weighted by atomic mass is 9.93. The van der Waals surface area contributed by atoms with E-state index in [9.17, 15) is 5.11 Å². The molecule has 0 amide bonds. The van der Waals surface area contributed by atoms with Crippen molar-refractivity contribution in [2.24, 2.45) is 0 Å². The highest BCUT2D eigenvalue weighted by Gasteiger charge is 2.19.